The zero-order chi connectivity index (χ0) is 33.0. The number of hydrogen-bond acceptors (Lipinski definition) is 16. The van der Waals surface area contributed by atoms with Crippen molar-refractivity contribution >= 4 is 0 Å². The summed E-state index contributed by atoms with van der Waals surface area (Å²) in [6.45, 7) is 0. The zero-order valence-corrected chi connectivity index (χ0v) is 22.7. The topological polar surface area (TPSA) is 269 Å². The molecule has 0 aliphatic carbocycles. The van der Waals surface area contributed by atoms with Crippen molar-refractivity contribution in [2.24, 2.45) is 0 Å². The average Bonchev–Trinajstić information content (AvgIpc) is 2.96. The van der Waals surface area contributed by atoms with Crippen molar-refractivity contribution in [2.75, 3.05) is 0 Å². The molecule has 5 aromatic rings. The van der Waals surface area contributed by atoms with Crippen molar-refractivity contribution in [1.82, 2.24) is 0 Å². The van der Waals surface area contributed by atoms with Crippen LogP contribution in [0, 0.1) is 0 Å². The van der Waals surface area contributed by atoms with Gasteiger partial charge in [0.1, 0.15) is 28.7 Å². The van der Waals surface area contributed by atoms with Crippen LogP contribution in [0.2, 0.25) is 0 Å². The quantitative estimate of drug-likeness (QED) is 0.0975. The van der Waals surface area contributed by atoms with Gasteiger partial charge in [0.2, 0.25) is 46.0 Å². The van der Waals surface area contributed by atoms with Crippen LogP contribution in [0.3, 0.4) is 0 Å². The largest absolute Gasteiger partial charge is 0.508 e. The van der Waals surface area contributed by atoms with E-state index in [0.717, 1.165) is 54.6 Å². The predicted molar refractivity (Wildman–Crippen MR) is 151 cm³/mol. The Morgan fingerprint density at radius 1 is 0.370 bits per heavy atom. The molecule has 0 spiro atoms. The molecule has 0 saturated heterocycles. The number of rotatable bonds is 6. The van der Waals surface area contributed by atoms with Gasteiger partial charge in [0.05, 0.1) is 0 Å². The molecule has 11 N–H and O–H groups in total. The van der Waals surface area contributed by atoms with Crippen LogP contribution in [0.4, 0.5) is 0 Å². The Morgan fingerprint density at radius 2 is 0.804 bits per heavy atom. The Hall–Kier alpha value is -7.10. The van der Waals surface area contributed by atoms with Gasteiger partial charge in [0.25, 0.3) is 0 Å². The molecule has 46 heavy (non-hydrogen) atoms. The van der Waals surface area contributed by atoms with E-state index in [-0.39, 0.29) is 34.5 Å². The summed E-state index contributed by atoms with van der Waals surface area (Å²) in [7, 11) is 0. The summed E-state index contributed by atoms with van der Waals surface area (Å²) in [4.78, 5) is 0. The second-order valence-electron chi connectivity index (χ2n) is 9.60. The van der Waals surface area contributed by atoms with Gasteiger partial charge in [-0.2, -0.15) is 0 Å². The van der Waals surface area contributed by atoms with Gasteiger partial charge in [-0.25, -0.2) is 0 Å². The molecule has 1 heterocycles. The summed E-state index contributed by atoms with van der Waals surface area (Å²) in [6, 6.07) is 8.69. The van der Waals surface area contributed by atoms with Crippen LogP contribution in [0.1, 0.15) is 0 Å². The van der Waals surface area contributed by atoms with Crippen LogP contribution in [0.25, 0.3) is 0 Å². The number of benzene rings is 5. The van der Waals surface area contributed by atoms with Crippen LogP contribution >= 0.6 is 0 Å². The number of ether oxygens (including phenoxy) is 5. The van der Waals surface area contributed by atoms with Crippen molar-refractivity contribution in [3.8, 4) is 121 Å². The second kappa shape index (κ2) is 10.6. The number of phenolic OH excluding ortho intramolecular Hbond substituents is 11. The Balaban J connectivity index is 1.30. The normalized spacial score (nSPS) is 11.5. The summed E-state index contributed by atoms with van der Waals surface area (Å²) in [5.41, 5.74) is 0. The molecule has 0 atom stereocenters. The molecule has 0 bridgehead atoms. The summed E-state index contributed by atoms with van der Waals surface area (Å²) in [5.74, 6) is -11.9. The van der Waals surface area contributed by atoms with Crippen molar-refractivity contribution in [3.63, 3.8) is 0 Å². The molecular weight excluding hydrogens is 616 g/mol. The zero-order valence-electron chi connectivity index (χ0n) is 22.7. The lowest BCUT2D eigenvalue weighted by molar-refractivity contribution is 0.293. The Morgan fingerprint density at radius 3 is 1.41 bits per heavy atom. The van der Waals surface area contributed by atoms with Crippen LogP contribution in [-0.2, 0) is 0 Å². The third-order valence-electron chi connectivity index (χ3n) is 6.32. The van der Waals surface area contributed by atoms with Crippen LogP contribution < -0.4 is 23.7 Å². The van der Waals surface area contributed by atoms with Gasteiger partial charge < -0.3 is 79.9 Å². The van der Waals surface area contributed by atoms with E-state index in [9.17, 15) is 56.2 Å². The Kier molecular flexibility index (Phi) is 6.66. The van der Waals surface area contributed by atoms with E-state index in [0.29, 0.717) is 0 Å². The van der Waals surface area contributed by atoms with Crippen LogP contribution in [0.5, 0.6) is 121 Å². The number of fused-ring (bicyclic) bond motifs is 2. The molecule has 6 rings (SSSR count). The average molecular weight is 636 g/mol. The molecule has 1 aliphatic rings. The highest BCUT2D eigenvalue weighted by molar-refractivity contribution is 5.74. The lowest BCUT2D eigenvalue weighted by Crippen LogP contribution is -2.01. The Bertz CT molecular complexity index is 1990. The van der Waals surface area contributed by atoms with Crippen molar-refractivity contribution in [1.29, 1.82) is 0 Å². The minimum Gasteiger partial charge on any atom is -0.508 e. The van der Waals surface area contributed by atoms with E-state index in [4.69, 9.17) is 23.7 Å². The number of hydrogen-bond donors (Lipinski definition) is 11. The highest BCUT2D eigenvalue weighted by Gasteiger charge is 2.33. The van der Waals surface area contributed by atoms with Gasteiger partial charge >= 0.3 is 0 Å². The first-order valence-electron chi connectivity index (χ1n) is 12.7. The van der Waals surface area contributed by atoms with Crippen molar-refractivity contribution in [2.45, 2.75) is 0 Å². The smallest absolute Gasteiger partial charge is 0.215 e. The third kappa shape index (κ3) is 5.06. The fraction of sp³-hybridized carbons (Fsp3) is 0. The SMILES string of the molecule is Oc1cc(O)cc(Oc2c(O)cc(Oc3c(O)cc4c(c3O)Oc3cc(Oc5c(O)cc(O)cc5O)c(O)c(O)c3O4)cc2O)c1. The molecule has 16 heteroatoms. The second-order valence-corrected chi connectivity index (χ2v) is 9.60. The van der Waals surface area contributed by atoms with Crippen molar-refractivity contribution < 1.29 is 79.9 Å². The molecule has 16 nitrogen and oxygen atoms in total. The molecule has 236 valence electrons. The lowest BCUT2D eigenvalue weighted by Gasteiger charge is -2.24. The van der Waals surface area contributed by atoms with E-state index in [1.54, 1.807) is 0 Å². The first kappa shape index (κ1) is 29.0. The standard InChI is InChI=1S/C30H20O16/c31-10-1-11(32)3-13(2-10)42-26-17(36)6-14(7-18(26)37)43-28-19(38)8-21-30(25(28)41)46-22-9-20(23(39)24(40)29(22)45-21)44-27-15(34)4-12(33)5-16(27)35/h1-9,31-41H. The van der Waals surface area contributed by atoms with E-state index in [1.165, 1.54) is 0 Å². The summed E-state index contributed by atoms with van der Waals surface area (Å²) in [5, 5.41) is 112. The summed E-state index contributed by atoms with van der Waals surface area (Å²) in [6.07, 6.45) is 0. The Labute approximate surface area is 255 Å². The molecule has 5 aromatic carbocycles. The highest BCUT2D eigenvalue weighted by atomic mass is 16.6. The number of aromatic hydroxyl groups is 11. The number of phenols is 11. The monoisotopic (exact) mass is 636 g/mol. The molecule has 0 amide bonds. The minimum atomic E-state index is -0.926. The van der Waals surface area contributed by atoms with Crippen LogP contribution in [0.15, 0.2) is 54.6 Å². The molecule has 1 aliphatic heterocycles. The van der Waals surface area contributed by atoms with E-state index in [1.807, 2.05) is 0 Å². The predicted octanol–water partition coefficient (Wildman–Crippen LogP) is 5.72. The maximum Gasteiger partial charge on any atom is 0.215 e. The third-order valence-corrected chi connectivity index (χ3v) is 6.32. The molecule has 0 radical (unpaired) electrons. The highest BCUT2D eigenvalue weighted by Crippen LogP contribution is 2.61. The summed E-state index contributed by atoms with van der Waals surface area (Å²) >= 11 is 0. The molecular formula is C30H20O16. The maximum atomic E-state index is 10.9. The van der Waals surface area contributed by atoms with Gasteiger partial charge in [0, 0.05) is 54.6 Å². The molecule has 0 saturated carbocycles. The van der Waals surface area contributed by atoms with Gasteiger partial charge in [-0.1, -0.05) is 0 Å². The van der Waals surface area contributed by atoms with E-state index < -0.39 is 86.2 Å². The first-order chi connectivity index (χ1) is 21.8. The maximum absolute atomic E-state index is 10.9. The van der Waals surface area contributed by atoms with Gasteiger partial charge in [-0.05, 0) is 0 Å². The molecule has 0 unspecified atom stereocenters. The fourth-order valence-corrected chi connectivity index (χ4v) is 4.34. The lowest BCUT2D eigenvalue weighted by atomic mass is 10.2. The summed E-state index contributed by atoms with van der Waals surface area (Å²) < 4.78 is 27.3. The first-order valence-corrected chi connectivity index (χ1v) is 12.7. The van der Waals surface area contributed by atoms with Crippen LogP contribution in [-0.4, -0.2) is 56.2 Å². The molecule has 0 fully saturated rings. The van der Waals surface area contributed by atoms with E-state index in [2.05, 4.69) is 0 Å². The van der Waals surface area contributed by atoms with E-state index >= 15 is 0 Å². The molecule has 0 aromatic heterocycles. The van der Waals surface area contributed by atoms with Gasteiger partial charge in [0.15, 0.2) is 46.0 Å². The minimum absolute atomic E-state index is 0.135. The van der Waals surface area contributed by atoms with Gasteiger partial charge in [-0.3, -0.25) is 0 Å². The van der Waals surface area contributed by atoms with Crippen molar-refractivity contribution in [3.05, 3.63) is 54.6 Å². The van der Waals surface area contributed by atoms with Gasteiger partial charge in [-0.15, -0.1) is 0 Å². The fourth-order valence-electron chi connectivity index (χ4n) is 4.34.